The zero-order valence-electron chi connectivity index (χ0n) is 13.3. The third-order valence-electron chi connectivity index (χ3n) is 3.89. The molecule has 0 unspecified atom stereocenters. The predicted octanol–water partition coefficient (Wildman–Crippen LogP) is 3.59. The van der Waals surface area contributed by atoms with E-state index in [0.29, 0.717) is 12.4 Å². The van der Waals surface area contributed by atoms with Crippen molar-refractivity contribution < 1.29 is 14.3 Å². The molecule has 0 spiro atoms. The fourth-order valence-corrected chi connectivity index (χ4v) is 2.79. The molecule has 120 valence electrons. The van der Waals surface area contributed by atoms with Gasteiger partial charge >= 0.3 is 0 Å². The van der Waals surface area contributed by atoms with Crippen molar-refractivity contribution in [3.8, 4) is 11.5 Å². The summed E-state index contributed by atoms with van der Waals surface area (Å²) in [7, 11) is 0. The monoisotopic (exact) mass is 311 g/mol. The Bertz CT molecular complexity index is 680. The van der Waals surface area contributed by atoms with Crippen molar-refractivity contribution in [2.24, 2.45) is 0 Å². The molecule has 4 heteroatoms. The molecule has 0 bridgehead atoms. The van der Waals surface area contributed by atoms with Crippen LogP contribution >= 0.6 is 0 Å². The zero-order valence-corrected chi connectivity index (χ0v) is 13.3. The Morgan fingerprint density at radius 3 is 2.43 bits per heavy atom. The highest BCUT2D eigenvalue weighted by molar-refractivity contribution is 5.92. The molecule has 0 aromatic heterocycles. The van der Waals surface area contributed by atoms with Crippen LogP contribution in [0.4, 0.5) is 5.69 Å². The maximum atomic E-state index is 12.0. The number of hydrogen-bond donors (Lipinski definition) is 1. The van der Waals surface area contributed by atoms with Crippen LogP contribution in [0.25, 0.3) is 0 Å². The third kappa shape index (κ3) is 4.03. The van der Waals surface area contributed by atoms with E-state index in [1.807, 2.05) is 25.1 Å². The van der Waals surface area contributed by atoms with Crippen LogP contribution < -0.4 is 14.8 Å². The Morgan fingerprint density at radius 1 is 1.00 bits per heavy atom. The molecule has 23 heavy (non-hydrogen) atoms. The number of ether oxygens (including phenoxy) is 2. The third-order valence-corrected chi connectivity index (χ3v) is 3.89. The first-order chi connectivity index (χ1) is 11.2. The summed E-state index contributed by atoms with van der Waals surface area (Å²) < 4.78 is 10.9. The van der Waals surface area contributed by atoms with Gasteiger partial charge in [-0.3, -0.25) is 4.79 Å². The van der Waals surface area contributed by atoms with E-state index in [1.54, 1.807) is 12.1 Å². The number of benzene rings is 2. The fourth-order valence-electron chi connectivity index (χ4n) is 2.79. The Hall–Kier alpha value is -2.49. The van der Waals surface area contributed by atoms with Gasteiger partial charge in [0.2, 0.25) is 0 Å². The lowest BCUT2D eigenvalue weighted by molar-refractivity contribution is -0.118. The normalized spacial score (nSPS) is 12.6. The number of amides is 1. The topological polar surface area (TPSA) is 47.6 Å². The molecule has 1 aliphatic rings. The van der Waals surface area contributed by atoms with Gasteiger partial charge in [0.1, 0.15) is 11.5 Å². The maximum Gasteiger partial charge on any atom is 0.262 e. The van der Waals surface area contributed by atoms with Crippen LogP contribution in [0.15, 0.2) is 42.5 Å². The number of carbonyl (C=O) groups excluding carboxylic acids is 1. The second kappa shape index (κ2) is 7.18. The van der Waals surface area contributed by atoms with Crippen molar-refractivity contribution in [1.82, 2.24) is 0 Å². The van der Waals surface area contributed by atoms with Crippen molar-refractivity contribution in [2.75, 3.05) is 18.5 Å². The van der Waals surface area contributed by atoms with E-state index in [9.17, 15) is 4.79 Å². The minimum atomic E-state index is -0.156. The highest BCUT2D eigenvalue weighted by Crippen LogP contribution is 2.25. The van der Waals surface area contributed by atoms with Crippen molar-refractivity contribution >= 4 is 11.6 Å². The van der Waals surface area contributed by atoms with Crippen molar-refractivity contribution in [2.45, 2.75) is 26.2 Å². The largest absolute Gasteiger partial charge is 0.494 e. The number of aryl methyl sites for hydroxylation is 2. The molecule has 2 aromatic rings. The molecule has 0 fully saturated rings. The lowest BCUT2D eigenvalue weighted by atomic mass is 10.1. The van der Waals surface area contributed by atoms with Gasteiger partial charge in [-0.15, -0.1) is 0 Å². The summed E-state index contributed by atoms with van der Waals surface area (Å²) in [5.74, 6) is 1.29. The van der Waals surface area contributed by atoms with E-state index in [4.69, 9.17) is 9.47 Å². The lowest BCUT2D eigenvalue weighted by Crippen LogP contribution is -2.20. The molecule has 0 atom stereocenters. The van der Waals surface area contributed by atoms with E-state index in [2.05, 4.69) is 17.4 Å². The number of nitrogens with one attached hydrogen (secondary N) is 1. The number of rotatable bonds is 6. The van der Waals surface area contributed by atoms with Crippen molar-refractivity contribution in [3.05, 3.63) is 53.6 Å². The van der Waals surface area contributed by atoms with E-state index >= 15 is 0 Å². The number of anilines is 1. The average molecular weight is 311 g/mol. The lowest BCUT2D eigenvalue weighted by Gasteiger charge is -2.09. The number of fused-ring (bicyclic) bond motifs is 1. The van der Waals surface area contributed by atoms with E-state index in [-0.39, 0.29) is 12.5 Å². The molecule has 0 heterocycles. The zero-order chi connectivity index (χ0) is 16.1. The molecular formula is C19H21NO3. The van der Waals surface area contributed by atoms with Gasteiger partial charge in [0.05, 0.1) is 6.61 Å². The highest BCUT2D eigenvalue weighted by Gasteiger charge is 2.12. The first-order valence-electron chi connectivity index (χ1n) is 8.02. The van der Waals surface area contributed by atoms with Crippen LogP contribution in [0.1, 0.15) is 24.5 Å². The second-order valence-electron chi connectivity index (χ2n) is 5.58. The summed E-state index contributed by atoms with van der Waals surface area (Å²) in [4.78, 5) is 12.0. The molecule has 0 aliphatic heterocycles. The van der Waals surface area contributed by atoms with Crippen LogP contribution in [0.5, 0.6) is 11.5 Å². The standard InChI is InChI=1S/C19H21NO3/c1-2-22-17-8-10-18(11-9-17)23-13-19(21)20-16-7-6-14-4-3-5-15(14)12-16/h6-12H,2-5,13H2,1H3,(H,20,21). The van der Waals surface area contributed by atoms with Gasteiger partial charge in [-0.05, 0) is 73.7 Å². The fraction of sp³-hybridized carbons (Fsp3) is 0.316. The highest BCUT2D eigenvalue weighted by atomic mass is 16.5. The van der Waals surface area contributed by atoms with Gasteiger partial charge in [-0.2, -0.15) is 0 Å². The Labute approximate surface area is 136 Å². The van der Waals surface area contributed by atoms with E-state index in [0.717, 1.165) is 24.3 Å². The van der Waals surface area contributed by atoms with E-state index in [1.165, 1.54) is 17.5 Å². The van der Waals surface area contributed by atoms with Crippen LogP contribution in [0.2, 0.25) is 0 Å². The first-order valence-corrected chi connectivity index (χ1v) is 8.02. The maximum absolute atomic E-state index is 12.0. The van der Waals surface area contributed by atoms with Crippen LogP contribution in [0.3, 0.4) is 0 Å². The minimum Gasteiger partial charge on any atom is -0.494 e. The van der Waals surface area contributed by atoms with Gasteiger partial charge in [0.15, 0.2) is 6.61 Å². The molecule has 0 saturated carbocycles. The molecule has 1 aliphatic carbocycles. The van der Waals surface area contributed by atoms with E-state index < -0.39 is 0 Å². The summed E-state index contributed by atoms with van der Waals surface area (Å²) in [5, 5.41) is 2.88. The second-order valence-corrected chi connectivity index (χ2v) is 5.58. The molecule has 3 rings (SSSR count). The van der Waals surface area contributed by atoms with Gasteiger partial charge in [-0.25, -0.2) is 0 Å². The molecule has 1 amide bonds. The summed E-state index contributed by atoms with van der Waals surface area (Å²) in [6.07, 6.45) is 3.44. The molecule has 0 radical (unpaired) electrons. The SMILES string of the molecule is CCOc1ccc(OCC(=O)Nc2ccc3c(c2)CCC3)cc1. The Morgan fingerprint density at radius 2 is 1.70 bits per heavy atom. The number of hydrogen-bond acceptors (Lipinski definition) is 3. The molecule has 1 N–H and O–H groups in total. The molecule has 2 aromatic carbocycles. The quantitative estimate of drug-likeness (QED) is 0.887. The van der Waals surface area contributed by atoms with Gasteiger partial charge in [0.25, 0.3) is 5.91 Å². The van der Waals surface area contributed by atoms with Crippen LogP contribution in [0, 0.1) is 0 Å². The number of carbonyl (C=O) groups is 1. The summed E-state index contributed by atoms with van der Waals surface area (Å²) in [6, 6.07) is 13.4. The average Bonchev–Trinajstić information content (AvgIpc) is 3.02. The molecular weight excluding hydrogens is 290 g/mol. The molecule has 4 nitrogen and oxygen atoms in total. The Balaban J connectivity index is 1.51. The summed E-state index contributed by atoms with van der Waals surface area (Å²) in [6.45, 7) is 2.56. The van der Waals surface area contributed by atoms with Gasteiger partial charge in [0, 0.05) is 5.69 Å². The van der Waals surface area contributed by atoms with Crippen LogP contribution in [-0.2, 0) is 17.6 Å². The van der Waals surface area contributed by atoms with Crippen LogP contribution in [-0.4, -0.2) is 19.1 Å². The van der Waals surface area contributed by atoms with Gasteiger partial charge in [-0.1, -0.05) is 6.07 Å². The predicted molar refractivity (Wildman–Crippen MR) is 90.2 cm³/mol. The van der Waals surface area contributed by atoms with Gasteiger partial charge < -0.3 is 14.8 Å². The first kappa shape index (κ1) is 15.4. The smallest absolute Gasteiger partial charge is 0.262 e. The van der Waals surface area contributed by atoms with Crippen molar-refractivity contribution in [1.29, 1.82) is 0 Å². The summed E-state index contributed by atoms with van der Waals surface area (Å²) >= 11 is 0. The summed E-state index contributed by atoms with van der Waals surface area (Å²) in [5.41, 5.74) is 3.58. The minimum absolute atomic E-state index is 0.00886. The Kier molecular flexibility index (Phi) is 4.81. The molecule has 0 saturated heterocycles. The van der Waals surface area contributed by atoms with Crippen molar-refractivity contribution in [3.63, 3.8) is 0 Å².